The van der Waals surface area contributed by atoms with Gasteiger partial charge in [-0.05, 0) is 0 Å². The number of carbonyl (C=O) groups is 2. The van der Waals surface area contributed by atoms with Crippen LogP contribution in [0, 0.1) is 0 Å². The third kappa shape index (κ3) is 17.6. The molecule has 0 bridgehead atoms. The minimum atomic E-state index is -0.897. The molecular weight excluding hydrogens is 459 g/mol. The maximum absolute atomic E-state index is 11.7. The van der Waals surface area contributed by atoms with Crippen LogP contribution in [0.1, 0.15) is 117 Å². The van der Waals surface area contributed by atoms with Crippen molar-refractivity contribution in [3.8, 4) is 0 Å². The van der Waals surface area contributed by atoms with Crippen molar-refractivity contribution in [3.63, 3.8) is 0 Å². The molecule has 0 aliphatic heterocycles. The van der Waals surface area contributed by atoms with Crippen LogP contribution in [-0.2, 0) is 14.3 Å². The molecule has 0 amide bonds. The fourth-order valence-electron chi connectivity index (χ4n) is 3.01. The summed E-state index contributed by atoms with van der Waals surface area (Å²) in [5, 5.41) is -0.192. The van der Waals surface area contributed by atoms with Crippen molar-refractivity contribution in [1.29, 1.82) is 0.594 Å². The van der Waals surface area contributed by atoms with Gasteiger partial charge in [0.2, 0.25) is 0 Å². The van der Waals surface area contributed by atoms with Gasteiger partial charge in [-0.3, -0.25) is 0 Å². The van der Waals surface area contributed by atoms with E-state index in [2.05, 4.69) is 6.92 Å². The first kappa shape index (κ1) is 24.3. The maximum atomic E-state index is 11.7. The number of rotatable bonds is 19. The summed E-state index contributed by atoms with van der Waals surface area (Å²) in [5.74, 6) is -0.283. The number of carbonyl (C=O) groups excluding carboxylic acids is 2. The Bertz CT molecular complexity index is 369. The van der Waals surface area contributed by atoms with Gasteiger partial charge < -0.3 is 0 Å². The van der Waals surface area contributed by atoms with Crippen molar-refractivity contribution in [2.75, 3.05) is 0 Å². The third-order valence-electron chi connectivity index (χ3n) is 4.70. The molecule has 26 heavy (non-hydrogen) atoms. The molecular formula is C21H40IO3S-. The first-order valence-corrected chi connectivity index (χ1v) is 14.0. The Morgan fingerprint density at radius 1 is 0.846 bits per heavy atom. The van der Waals surface area contributed by atoms with E-state index in [4.69, 9.17) is 5.33 Å². The van der Waals surface area contributed by atoms with Crippen LogP contribution >= 0.6 is 8.93 Å². The summed E-state index contributed by atoms with van der Waals surface area (Å²) in [4.78, 5) is 23.2. The van der Waals surface area contributed by atoms with E-state index in [1.807, 2.05) is 0 Å². The van der Waals surface area contributed by atoms with Gasteiger partial charge in [0.25, 0.3) is 0 Å². The van der Waals surface area contributed by atoms with Crippen LogP contribution in [0.15, 0.2) is 0 Å². The third-order valence-corrected chi connectivity index (χ3v) is 6.49. The van der Waals surface area contributed by atoms with Crippen LogP contribution in [0.2, 0.25) is 0 Å². The molecule has 0 radical (unpaired) electrons. The van der Waals surface area contributed by atoms with Crippen LogP contribution < -0.4 is 21.0 Å². The molecule has 0 aliphatic carbocycles. The van der Waals surface area contributed by atoms with Gasteiger partial charge in [-0.2, -0.15) is 0 Å². The van der Waals surface area contributed by atoms with Gasteiger partial charge in [0.05, 0.1) is 0 Å². The van der Waals surface area contributed by atoms with Gasteiger partial charge in [0.1, 0.15) is 0 Å². The SMILES string of the molecule is [3H][I-]SC(=O)[C@H](C)OC(=O)CCCCCCCCCCCCCCCCC. The fraction of sp³-hybridized carbons (Fsp3) is 0.905. The molecule has 3 nitrogen and oxygen atoms in total. The molecule has 1 atom stereocenters. The van der Waals surface area contributed by atoms with Crippen molar-refractivity contribution in [3.05, 3.63) is 0 Å². The van der Waals surface area contributed by atoms with Crippen LogP contribution in [0.3, 0.4) is 0 Å². The van der Waals surface area contributed by atoms with Gasteiger partial charge in [0.15, 0.2) is 0 Å². The molecule has 0 aromatic heterocycles. The summed E-state index contributed by atoms with van der Waals surface area (Å²) >= 11 is -0.897. The van der Waals surface area contributed by atoms with E-state index >= 15 is 0 Å². The van der Waals surface area contributed by atoms with Gasteiger partial charge in [-0.25, -0.2) is 0 Å². The monoisotopic (exact) mass is 501 g/mol. The predicted octanol–water partition coefficient (Wildman–Crippen LogP) is 3.64. The number of hydrogen-bond acceptors (Lipinski definition) is 4. The minimum Gasteiger partial charge on any atom is -0.0654 e. The second-order valence-electron chi connectivity index (χ2n) is 7.23. The Hall–Kier alpha value is 0.220. The predicted molar refractivity (Wildman–Crippen MR) is 109 cm³/mol. The summed E-state index contributed by atoms with van der Waals surface area (Å²) in [6.07, 6.45) is 19.2. The zero-order valence-electron chi connectivity index (χ0n) is 17.9. The van der Waals surface area contributed by atoms with Crippen LogP contribution in [-0.4, -0.2) is 17.8 Å². The minimum absolute atomic E-state index is 0.192. The molecule has 0 spiro atoms. The average molecular weight is 502 g/mol. The summed E-state index contributed by atoms with van der Waals surface area (Å²) < 4.78 is 12.2. The molecule has 5 heteroatoms. The van der Waals surface area contributed by atoms with Gasteiger partial charge in [-0.15, -0.1) is 0 Å². The van der Waals surface area contributed by atoms with Crippen LogP contribution in [0.5, 0.6) is 0 Å². The first-order valence-electron chi connectivity index (χ1n) is 11.0. The normalized spacial score (nSPS) is 12.8. The molecule has 0 aliphatic rings. The average Bonchev–Trinajstić information content (AvgIpc) is 2.65. The standard InChI is InChI=1S/C21H40IO3S/c1-3-4-5-6-7-8-9-10-11-12-13-14-15-16-17-18-20(23)25-19(2)21(24)26-22/h19,22H,3-18H2,1-2H3/q-1/t19-/m0/s1/i22T. The van der Waals surface area contributed by atoms with E-state index in [1.165, 1.54) is 83.5 Å². The van der Waals surface area contributed by atoms with Crippen molar-refractivity contribution in [2.45, 2.75) is 123 Å². The molecule has 0 rings (SSSR count). The Balaban J connectivity index is 3.28. The summed E-state index contributed by atoms with van der Waals surface area (Å²) in [6, 6.07) is 0. The molecule has 156 valence electrons. The van der Waals surface area contributed by atoms with Crippen molar-refractivity contribution in [1.82, 2.24) is 0 Å². The first-order chi connectivity index (χ1) is 13.1. The molecule has 0 heterocycles. The second-order valence-corrected chi connectivity index (χ2v) is 9.11. The molecule has 0 N–H and O–H groups in total. The number of halogens is 1. The molecule has 0 saturated heterocycles. The van der Waals surface area contributed by atoms with Gasteiger partial charge in [0, 0.05) is 0 Å². The van der Waals surface area contributed by atoms with Gasteiger partial charge in [-0.1, -0.05) is 64.7 Å². The number of hydrogen-bond donors (Lipinski definition) is 0. The van der Waals surface area contributed by atoms with Crippen LogP contribution in [0.25, 0.3) is 0 Å². The quantitative estimate of drug-likeness (QED) is 0.154. The Labute approximate surface area is 178 Å². The Morgan fingerprint density at radius 3 is 1.69 bits per heavy atom. The van der Waals surface area contributed by atoms with Crippen molar-refractivity contribution < 1.29 is 35.3 Å². The number of esters is 1. The molecule has 0 unspecified atom stereocenters. The van der Waals surface area contributed by atoms with E-state index in [1.54, 1.807) is 6.92 Å². The number of ether oxygens (including phenoxy) is 1. The van der Waals surface area contributed by atoms with E-state index in [9.17, 15) is 9.59 Å². The number of unbranched alkanes of at least 4 members (excludes halogenated alkanes) is 14. The molecule has 0 aromatic carbocycles. The van der Waals surface area contributed by atoms with Crippen molar-refractivity contribution in [2.24, 2.45) is 0 Å². The van der Waals surface area contributed by atoms with E-state index in [0.29, 0.717) is 6.42 Å². The summed E-state index contributed by atoms with van der Waals surface area (Å²) in [7, 11) is 0.991. The fourth-order valence-corrected chi connectivity index (χ4v) is 4.26. The Morgan fingerprint density at radius 2 is 1.27 bits per heavy atom. The summed E-state index contributed by atoms with van der Waals surface area (Å²) in [5.41, 5.74) is 0. The molecule has 0 aromatic rings. The second kappa shape index (κ2) is 20.0. The zero-order valence-corrected chi connectivity index (χ0v) is 19.9. The molecule has 0 saturated carbocycles. The zero-order chi connectivity index (χ0) is 20.2. The van der Waals surface area contributed by atoms with E-state index in [-0.39, 0.29) is 11.1 Å². The van der Waals surface area contributed by atoms with Crippen LogP contribution in [0.4, 0.5) is 0 Å². The van der Waals surface area contributed by atoms with Gasteiger partial charge >= 0.3 is 114 Å². The van der Waals surface area contributed by atoms with Crippen molar-refractivity contribution >= 4 is 20.0 Å². The smallest absolute Gasteiger partial charge is 0.0654 e. The van der Waals surface area contributed by atoms with E-state index in [0.717, 1.165) is 21.8 Å². The van der Waals surface area contributed by atoms with E-state index < -0.39 is 27.1 Å². The topological polar surface area (TPSA) is 43.4 Å². The summed E-state index contributed by atoms with van der Waals surface area (Å²) in [6.45, 7) is 3.86. The Kier molecular flexibility index (Phi) is 18.6. The molecule has 0 fully saturated rings.